The Balaban J connectivity index is 2.36. The third-order valence-corrected chi connectivity index (χ3v) is 6.37. The van der Waals surface area contributed by atoms with E-state index < -0.39 is 19.4 Å². The molecule has 1 amide bonds. The van der Waals surface area contributed by atoms with Gasteiger partial charge in [-0.1, -0.05) is 30.3 Å². The van der Waals surface area contributed by atoms with E-state index in [0.29, 0.717) is 6.42 Å². The number of rotatable bonds is 8. The van der Waals surface area contributed by atoms with Crippen LogP contribution in [0.1, 0.15) is 38.3 Å². The predicted molar refractivity (Wildman–Crippen MR) is 87.0 cm³/mol. The van der Waals surface area contributed by atoms with E-state index in [1.165, 1.54) is 4.90 Å². The lowest BCUT2D eigenvalue weighted by atomic mass is 10.1. The number of carbonyl (C=O) groups excluding carboxylic acids is 1. The summed E-state index contributed by atoms with van der Waals surface area (Å²) in [7, 11) is -3.45. The van der Waals surface area contributed by atoms with Gasteiger partial charge in [0.25, 0.3) is 0 Å². The summed E-state index contributed by atoms with van der Waals surface area (Å²) in [5, 5.41) is 9.84. The maximum atomic E-state index is 13.1. The molecule has 2 rings (SSSR count). The second-order valence-corrected chi connectivity index (χ2v) is 7.50. The molecule has 2 atom stereocenters. The Kier molecular flexibility index (Phi) is 6.36. The van der Waals surface area contributed by atoms with Crippen LogP contribution >= 0.6 is 7.60 Å². The predicted octanol–water partition coefficient (Wildman–Crippen LogP) is 2.93. The van der Waals surface area contributed by atoms with Crippen molar-refractivity contribution in [1.82, 2.24) is 4.90 Å². The number of amides is 1. The summed E-state index contributed by atoms with van der Waals surface area (Å²) in [4.78, 5) is 13.9. The molecule has 0 radical (unpaired) electrons. The van der Waals surface area contributed by atoms with Crippen LogP contribution in [0.3, 0.4) is 0 Å². The smallest absolute Gasteiger partial charge is 0.352 e. The summed E-state index contributed by atoms with van der Waals surface area (Å²) in [6, 6.07) is 8.69. The average Bonchev–Trinajstić information content (AvgIpc) is 2.92. The minimum atomic E-state index is -3.45. The summed E-state index contributed by atoms with van der Waals surface area (Å²) < 4.78 is 23.9. The van der Waals surface area contributed by atoms with Gasteiger partial charge < -0.3 is 19.1 Å². The molecular formula is C16H24NO5P. The fourth-order valence-electron chi connectivity index (χ4n) is 2.98. The van der Waals surface area contributed by atoms with E-state index in [4.69, 9.17) is 9.05 Å². The molecule has 1 aliphatic rings. The maximum absolute atomic E-state index is 13.1. The van der Waals surface area contributed by atoms with Crippen molar-refractivity contribution >= 4 is 13.5 Å². The third-order valence-electron chi connectivity index (χ3n) is 3.90. The lowest BCUT2D eigenvalue weighted by Crippen LogP contribution is -2.39. The van der Waals surface area contributed by atoms with Gasteiger partial charge in [-0.05, 0) is 25.8 Å². The van der Waals surface area contributed by atoms with Gasteiger partial charge in [-0.2, -0.15) is 0 Å². The van der Waals surface area contributed by atoms with Crippen molar-refractivity contribution in [1.29, 1.82) is 0 Å². The van der Waals surface area contributed by atoms with Gasteiger partial charge in [0.15, 0.2) is 0 Å². The molecular weight excluding hydrogens is 317 g/mol. The van der Waals surface area contributed by atoms with Crippen molar-refractivity contribution in [2.45, 2.75) is 38.5 Å². The molecule has 1 aromatic rings. The zero-order chi connectivity index (χ0) is 16.9. The first-order valence-electron chi connectivity index (χ1n) is 7.93. The highest BCUT2D eigenvalue weighted by atomic mass is 31.2. The van der Waals surface area contributed by atoms with Crippen molar-refractivity contribution in [2.24, 2.45) is 0 Å². The van der Waals surface area contributed by atoms with Crippen LogP contribution in [0.5, 0.6) is 0 Å². The Hall–Kier alpha value is -1.20. The van der Waals surface area contributed by atoms with Crippen molar-refractivity contribution in [3.05, 3.63) is 35.9 Å². The van der Waals surface area contributed by atoms with Crippen molar-refractivity contribution in [3.8, 4) is 0 Å². The average molecular weight is 341 g/mol. The second kappa shape index (κ2) is 8.06. The number of nitrogens with zero attached hydrogens (tertiary/aromatic N) is 1. The highest BCUT2D eigenvalue weighted by molar-refractivity contribution is 7.54. The fraction of sp³-hybridized carbons (Fsp3) is 0.562. The molecule has 0 spiro atoms. The second-order valence-electron chi connectivity index (χ2n) is 5.30. The van der Waals surface area contributed by atoms with Crippen LogP contribution in [0.4, 0.5) is 0 Å². The molecule has 0 saturated carbocycles. The highest BCUT2D eigenvalue weighted by Gasteiger charge is 2.48. The minimum Gasteiger partial charge on any atom is -0.394 e. The van der Waals surface area contributed by atoms with Crippen molar-refractivity contribution in [2.75, 3.05) is 19.8 Å². The largest absolute Gasteiger partial charge is 0.394 e. The number of carbonyl (C=O) groups is 1. The topological polar surface area (TPSA) is 76.1 Å². The molecule has 0 aromatic heterocycles. The summed E-state index contributed by atoms with van der Waals surface area (Å²) in [5.41, 5.74) is 0.801. The Bertz CT molecular complexity index is 555. The Morgan fingerprint density at radius 2 is 1.87 bits per heavy atom. The van der Waals surface area contributed by atoms with E-state index in [-0.39, 0.29) is 32.1 Å². The molecule has 1 N–H and O–H groups in total. The van der Waals surface area contributed by atoms with E-state index in [0.717, 1.165) is 5.56 Å². The van der Waals surface area contributed by atoms with Gasteiger partial charge >= 0.3 is 7.60 Å². The van der Waals surface area contributed by atoms with Crippen LogP contribution in [-0.4, -0.2) is 41.5 Å². The molecule has 1 aromatic carbocycles. The van der Waals surface area contributed by atoms with Gasteiger partial charge in [0.1, 0.15) is 5.78 Å². The molecule has 1 fully saturated rings. The molecule has 7 heteroatoms. The molecule has 128 valence electrons. The Morgan fingerprint density at radius 1 is 1.26 bits per heavy atom. The first-order valence-corrected chi connectivity index (χ1v) is 9.54. The van der Waals surface area contributed by atoms with Crippen molar-refractivity contribution in [3.63, 3.8) is 0 Å². The van der Waals surface area contributed by atoms with Gasteiger partial charge in [-0.25, -0.2) is 0 Å². The van der Waals surface area contributed by atoms with E-state index in [9.17, 15) is 14.5 Å². The van der Waals surface area contributed by atoms with Crippen LogP contribution in [0.25, 0.3) is 0 Å². The number of hydrogen-bond acceptors (Lipinski definition) is 5. The van der Waals surface area contributed by atoms with Gasteiger partial charge in [0.05, 0.1) is 25.9 Å². The number of aliphatic hydroxyl groups excluding tert-OH is 1. The first-order chi connectivity index (χ1) is 11.1. The molecule has 23 heavy (non-hydrogen) atoms. The van der Waals surface area contributed by atoms with Gasteiger partial charge in [-0.15, -0.1) is 0 Å². The number of likely N-dealkylation sites (tertiary alicyclic amines) is 1. The minimum absolute atomic E-state index is 0.141. The normalized spacial score (nSPS) is 20.0. The molecule has 6 nitrogen and oxygen atoms in total. The number of benzene rings is 1. The monoisotopic (exact) mass is 341 g/mol. The Labute approximate surface area is 136 Å². The number of hydrogen-bond donors (Lipinski definition) is 1. The summed E-state index contributed by atoms with van der Waals surface area (Å²) in [6.07, 6.45) is 0.678. The highest BCUT2D eigenvalue weighted by Crippen LogP contribution is 2.58. The third kappa shape index (κ3) is 3.83. The molecule has 1 saturated heterocycles. The Morgan fingerprint density at radius 3 is 2.39 bits per heavy atom. The van der Waals surface area contributed by atoms with E-state index in [2.05, 4.69) is 0 Å². The quantitative estimate of drug-likeness (QED) is 0.736. The van der Waals surface area contributed by atoms with E-state index in [1.54, 1.807) is 13.8 Å². The standard InChI is InChI=1S/C16H24NO5P/c1-3-21-23(20,22-4-2)16-11-10-15(19)17(16)14(12-18)13-8-6-5-7-9-13/h5-9,14,16,18H,3-4,10-12H2,1-2H3. The van der Waals surface area contributed by atoms with Crippen LogP contribution < -0.4 is 0 Å². The molecule has 1 heterocycles. The molecule has 2 unspecified atom stereocenters. The van der Waals surface area contributed by atoms with E-state index in [1.807, 2.05) is 30.3 Å². The first kappa shape index (κ1) is 18.1. The molecule has 1 aliphatic heterocycles. The summed E-state index contributed by atoms with van der Waals surface area (Å²) in [5.74, 6) is -0.801. The zero-order valence-corrected chi connectivity index (χ0v) is 14.4. The van der Waals surface area contributed by atoms with Gasteiger partial charge in [-0.3, -0.25) is 9.36 Å². The zero-order valence-electron chi connectivity index (χ0n) is 13.6. The number of aliphatic hydroxyl groups is 1. The van der Waals surface area contributed by atoms with Crippen molar-refractivity contribution < 1.29 is 23.5 Å². The van der Waals surface area contributed by atoms with Crippen LogP contribution in [0, 0.1) is 0 Å². The van der Waals surface area contributed by atoms with Crippen LogP contribution in [-0.2, 0) is 18.4 Å². The lowest BCUT2D eigenvalue weighted by Gasteiger charge is -2.35. The molecule has 0 bridgehead atoms. The molecule has 0 aliphatic carbocycles. The van der Waals surface area contributed by atoms with Crippen LogP contribution in [0.2, 0.25) is 0 Å². The fourth-order valence-corrected chi connectivity index (χ4v) is 5.16. The SMILES string of the molecule is CCOP(=O)(OCC)C1CCC(=O)N1C(CO)c1ccccc1. The maximum Gasteiger partial charge on any atom is 0.352 e. The van der Waals surface area contributed by atoms with E-state index >= 15 is 0 Å². The van der Waals surface area contributed by atoms with Gasteiger partial charge in [0, 0.05) is 6.42 Å². The van der Waals surface area contributed by atoms with Crippen LogP contribution in [0.15, 0.2) is 30.3 Å². The van der Waals surface area contributed by atoms with Gasteiger partial charge in [0.2, 0.25) is 5.91 Å². The summed E-state index contributed by atoms with van der Waals surface area (Å²) in [6.45, 7) is 3.72. The lowest BCUT2D eigenvalue weighted by molar-refractivity contribution is -0.131. The summed E-state index contributed by atoms with van der Waals surface area (Å²) >= 11 is 0.